The van der Waals surface area contributed by atoms with Crippen LogP contribution < -0.4 is 0 Å². The summed E-state index contributed by atoms with van der Waals surface area (Å²) in [6, 6.07) is 14.9. The minimum atomic E-state index is -1.17. The van der Waals surface area contributed by atoms with Gasteiger partial charge in [0.25, 0.3) is 0 Å². The molecule has 1 atom stereocenters. The van der Waals surface area contributed by atoms with E-state index in [1.165, 1.54) is 0 Å². The SMILES string of the molecule is CCOC(=O)C(C(=O)OCC)C(c1ccccc1Cl)c1c[nH]c2ccccc12. The largest absolute Gasteiger partial charge is 0.465 e. The first-order valence-electron chi connectivity index (χ1n) is 9.22. The summed E-state index contributed by atoms with van der Waals surface area (Å²) in [5.74, 6) is -3.07. The Morgan fingerprint density at radius 1 is 0.929 bits per heavy atom. The number of carbonyl (C=O) groups is 2. The molecule has 6 heteroatoms. The van der Waals surface area contributed by atoms with Crippen molar-refractivity contribution in [3.05, 3.63) is 70.9 Å². The van der Waals surface area contributed by atoms with Crippen LogP contribution in [0.2, 0.25) is 5.02 Å². The Hall–Kier alpha value is -2.79. The standard InChI is InChI=1S/C22H22ClNO4/c1-3-27-21(25)20(22(26)28-4-2)19(15-10-5-7-11-17(15)23)16-13-24-18-12-8-6-9-14(16)18/h5-13,19-20,24H,3-4H2,1-2H3. The first-order valence-corrected chi connectivity index (χ1v) is 9.60. The molecule has 3 rings (SSSR count). The number of hydrogen-bond donors (Lipinski definition) is 1. The van der Waals surface area contributed by atoms with Crippen LogP contribution in [0, 0.1) is 5.92 Å². The molecule has 0 aliphatic rings. The molecule has 0 aliphatic heterocycles. The Morgan fingerprint density at radius 3 is 2.18 bits per heavy atom. The van der Waals surface area contributed by atoms with Crippen LogP contribution in [-0.4, -0.2) is 30.1 Å². The van der Waals surface area contributed by atoms with Crippen LogP contribution in [0.3, 0.4) is 0 Å². The normalized spacial score (nSPS) is 12.1. The summed E-state index contributed by atoms with van der Waals surface area (Å²) in [6.45, 7) is 3.74. The van der Waals surface area contributed by atoms with E-state index in [9.17, 15) is 9.59 Å². The van der Waals surface area contributed by atoms with Crippen molar-refractivity contribution in [3.63, 3.8) is 0 Å². The zero-order valence-electron chi connectivity index (χ0n) is 15.8. The monoisotopic (exact) mass is 399 g/mol. The number of nitrogens with one attached hydrogen (secondary N) is 1. The van der Waals surface area contributed by atoms with Gasteiger partial charge in [0.05, 0.1) is 13.2 Å². The van der Waals surface area contributed by atoms with Gasteiger partial charge in [-0.3, -0.25) is 9.59 Å². The molecule has 28 heavy (non-hydrogen) atoms. The second-order valence-corrected chi connectivity index (χ2v) is 6.68. The lowest BCUT2D eigenvalue weighted by atomic mass is 9.80. The maximum Gasteiger partial charge on any atom is 0.321 e. The molecular formula is C22H22ClNO4. The van der Waals surface area contributed by atoms with E-state index >= 15 is 0 Å². The second-order valence-electron chi connectivity index (χ2n) is 6.27. The number of esters is 2. The van der Waals surface area contributed by atoms with E-state index in [4.69, 9.17) is 21.1 Å². The molecule has 3 aromatic rings. The third-order valence-electron chi connectivity index (χ3n) is 4.61. The highest BCUT2D eigenvalue weighted by Gasteiger charge is 2.41. The van der Waals surface area contributed by atoms with E-state index in [0.29, 0.717) is 10.6 Å². The van der Waals surface area contributed by atoms with Crippen molar-refractivity contribution < 1.29 is 19.1 Å². The number of aromatic nitrogens is 1. The lowest BCUT2D eigenvalue weighted by Crippen LogP contribution is -2.34. The molecule has 0 bridgehead atoms. The van der Waals surface area contributed by atoms with Crippen molar-refractivity contribution in [1.82, 2.24) is 4.98 Å². The van der Waals surface area contributed by atoms with E-state index in [1.54, 1.807) is 19.9 Å². The molecule has 2 aromatic carbocycles. The van der Waals surface area contributed by atoms with Crippen LogP contribution in [0.5, 0.6) is 0 Å². The smallest absolute Gasteiger partial charge is 0.321 e. The molecule has 0 saturated carbocycles. The van der Waals surface area contributed by atoms with Gasteiger partial charge in [-0.1, -0.05) is 48.0 Å². The Balaban J connectivity index is 2.23. The van der Waals surface area contributed by atoms with Crippen LogP contribution in [0.1, 0.15) is 30.9 Å². The van der Waals surface area contributed by atoms with Crippen molar-refractivity contribution in [2.24, 2.45) is 5.92 Å². The lowest BCUT2D eigenvalue weighted by Gasteiger charge is -2.25. The summed E-state index contributed by atoms with van der Waals surface area (Å²) in [5.41, 5.74) is 2.36. The van der Waals surface area contributed by atoms with E-state index in [0.717, 1.165) is 16.5 Å². The molecule has 0 amide bonds. The fourth-order valence-electron chi connectivity index (χ4n) is 3.44. The minimum absolute atomic E-state index is 0.165. The number of benzene rings is 2. The second kappa shape index (κ2) is 8.93. The molecule has 5 nitrogen and oxygen atoms in total. The van der Waals surface area contributed by atoms with Crippen LogP contribution in [0.25, 0.3) is 10.9 Å². The molecule has 0 aliphatic carbocycles. The predicted molar refractivity (Wildman–Crippen MR) is 108 cm³/mol. The number of halogens is 1. The number of ether oxygens (including phenoxy) is 2. The van der Waals surface area contributed by atoms with E-state index in [2.05, 4.69) is 4.98 Å². The third kappa shape index (κ3) is 3.90. The third-order valence-corrected chi connectivity index (χ3v) is 4.96. The first kappa shape index (κ1) is 20.0. The number of rotatable bonds is 7. The molecule has 1 heterocycles. The Labute approximate surface area is 168 Å². The summed E-state index contributed by atoms with van der Waals surface area (Å²) in [6.07, 6.45) is 1.81. The van der Waals surface area contributed by atoms with Crippen molar-refractivity contribution in [3.8, 4) is 0 Å². The van der Waals surface area contributed by atoms with Gasteiger partial charge in [0.2, 0.25) is 0 Å². The summed E-state index contributed by atoms with van der Waals surface area (Å²) in [5, 5.41) is 1.38. The molecule has 1 N–H and O–H groups in total. The highest BCUT2D eigenvalue weighted by Crippen LogP contribution is 2.40. The Morgan fingerprint density at radius 2 is 1.54 bits per heavy atom. The van der Waals surface area contributed by atoms with Crippen LogP contribution in [0.15, 0.2) is 54.7 Å². The molecule has 0 spiro atoms. The fourth-order valence-corrected chi connectivity index (χ4v) is 3.69. The summed E-state index contributed by atoms with van der Waals surface area (Å²) < 4.78 is 10.5. The van der Waals surface area contributed by atoms with Crippen LogP contribution >= 0.6 is 11.6 Å². The van der Waals surface area contributed by atoms with Gasteiger partial charge < -0.3 is 14.5 Å². The van der Waals surface area contributed by atoms with Crippen molar-refractivity contribution in [1.29, 1.82) is 0 Å². The fraction of sp³-hybridized carbons (Fsp3) is 0.273. The topological polar surface area (TPSA) is 68.4 Å². The molecular weight excluding hydrogens is 378 g/mol. The van der Waals surface area contributed by atoms with Gasteiger partial charge in [0.1, 0.15) is 0 Å². The maximum atomic E-state index is 12.8. The number of aromatic amines is 1. The summed E-state index contributed by atoms with van der Waals surface area (Å²) in [4.78, 5) is 28.9. The lowest BCUT2D eigenvalue weighted by molar-refractivity contribution is -0.162. The number of fused-ring (bicyclic) bond motifs is 1. The van der Waals surface area contributed by atoms with Crippen molar-refractivity contribution >= 4 is 34.4 Å². The van der Waals surface area contributed by atoms with E-state index in [1.807, 2.05) is 48.7 Å². The average Bonchev–Trinajstić information content (AvgIpc) is 3.11. The van der Waals surface area contributed by atoms with E-state index < -0.39 is 23.8 Å². The molecule has 0 fully saturated rings. The zero-order valence-corrected chi connectivity index (χ0v) is 16.5. The predicted octanol–water partition coefficient (Wildman–Crippen LogP) is 4.70. The van der Waals surface area contributed by atoms with Gasteiger partial charge in [-0.15, -0.1) is 0 Å². The highest BCUT2D eigenvalue weighted by atomic mass is 35.5. The average molecular weight is 400 g/mol. The molecule has 1 aromatic heterocycles. The van der Waals surface area contributed by atoms with Crippen molar-refractivity contribution in [2.45, 2.75) is 19.8 Å². The molecule has 0 radical (unpaired) electrons. The van der Waals surface area contributed by atoms with E-state index in [-0.39, 0.29) is 13.2 Å². The van der Waals surface area contributed by atoms with Crippen LogP contribution in [0.4, 0.5) is 0 Å². The number of hydrogen-bond acceptors (Lipinski definition) is 4. The summed E-state index contributed by atoms with van der Waals surface area (Å²) in [7, 11) is 0. The van der Waals surface area contributed by atoms with Crippen molar-refractivity contribution in [2.75, 3.05) is 13.2 Å². The van der Waals surface area contributed by atoms with Gasteiger partial charge in [-0.2, -0.15) is 0 Å². The Bertz CT molecular complexity index is 963. The molecule has 1 unspecified atom stereocenters. The summed E-state index contributed by atoms with van der Waals surface area (Å²) >= 11 is 6.48. The van der Waals surface area contributed by atoms with Crippen LogP contribution in [-0.2, 0) is 19.1 Å². The molecule has 146 valence electrons. The zero-order chi connectivity index (χ0) is 20.1. The van der Waals surface area contributed by atoms with Gasteiger partial charge in [0.15, 0.2) is 5.92 Å². The van der Waals surface area contributed by atoms with Gasteiger partial charge in [0, 0.05) is 28.0 Å². The first-order chi connectivity index (χ1) is 13.6. The number of H-pyrrole nitrogens is 1. The highest BCUT2D eigenvalue weighted by molar-refractivity contribution is 6.31. The number of carbonyl (C=O) groups excluding carboxylic acids is 2. The Kier molecular flexibility index (Phi) is 6.37. The number of para-hydroxylation sites is 1. The van der Waals surface area contributed by atoms with Gasteiger partial charge in [-0.25, -0.2) is 0 Å². The molecule has 0 saturated heterocycles. The maximum absolute atomic E-state index is 12.8. The minimum Gasteiger partial charge on any atom is -0.465 e. The van der Waals surface area contributed by atoms with Gasteiger partial charge in [-0.05, 0) is 37.1 Å². The van der Waals surface area contributed by atoms with Gasteiger partial charge >= 0.3 is 11.9 Å². The quantitative estimate of drug-likeness (QED) is 0.462.